The third kappa shape index (κ3) is 5.96. The highest BCUT2D eigenvalue weighted by Gasteiger charge is 2.23. The summed E-state index contributed by atoms with van der Waals surface area (Å²) in [5.41, 5.74) is 10.3. The van der Waals surface area contributed by atoms with Crippen LogP contribution in [-0.2, 0) is 0 Å². The van der Waals surface area contributed by atoms with Crippen molar-refractivity contribution in [2.75, 3.05) is 0 Å². The van der Waals surface area contributed by atoms with Crippen LogP contribution in [0.2, 0.25) is 0 Å². The predicted molar refractivity (Wildman–Crippen MR) is 212 cm³/mol. The molecule has 0 aliphatic heterocycles. The molecule has 3 N–H and O–H groups in total. The van der Waals surface area contributed by atoms with Gasteiger partial charge in [-0.2, -0.15) is 4.57 Å². The molecule has 3 aromatic heterocycles. The van der Waals surface area contributed by atoms with E-state index in [0.717, 1.165) is 72.1 Å². The maximum absolute atomic E-state index is 9.24. The first-order valence-electron chi connectivity index (χ1n) is 17.4. The molecule has 53 heavy (non-hydrogen) atoms. The number of hydrogen-bond acceptors (Lipinski definition) is 5. The van der Waals surface area contributed by atoms with E-state index in [4.69, 9.17) is 20.4 Å². The van der Waals surface area contributed by atoms with Crippen molar-refractivity contribution in [1.82, 2.24) is 24.5 Å². The molecule has 0 saturated carbocycles. The number of nitrogens with one attached hydrogen (secondary N) is 1. The average Bonchev–Trinajstić information content (AvgIpc) is 3.24. The van der Waals surface area contributed by atoms with Crippen LogP contribution in [0.1, 0.15) is 5.56 Å². The highest BCUT2D eigenvalue weighted by atomic mass is 15.1. The van der Waals surface area contributed by atoms with Gasteiger partial charge in [0.25, 0.3) is 5.84 Å². The maximum Gasteiger partial charge on any atom is 0.287 e. The van der Waals surface area contributed by atoms with Crippen molar-refractivity contribution in [1.29, 1.82) is 5.41 Å². The second-order valence-electron chi connectivity index (χ2n) is 12.8. The monoisotopic (exact) mass is 682 g/mol. The molecule has 0 spiro atoms. The predicted octanol–water partition coefficient (Wildman–Crippen LogP) is 8.24. The molecule has 3 heterocycles. The van der Waals surface area contributed by atoms with Gasteiger partial charge < -0.3 is 0 Å². The van der Waals surface area contributed by atoms with Gasteiger partial charge in [0.2, 0.25) is 11.3 Å². The van der Waals surface area contributed by atoms with Crippen molar-refractivity contribution in [3.63, 3.8) is 0 Å². The number of nitrogens with two attached hydrogens (primary N) is 1. The minimum absolute atomic E-state index is 0.273. The normalized spacial score (nSPS) is 11.2. The van der Waals surface area contributed by atoms with Crippen molar-refractivity contribution >= 4 is 27.6 Å². The third-order valence-corrected chi connectivity index (χ3v) is 9.43. The van der Waals surface area contributed by atoms with Gasteiger partial charge in [-0.05, 0) is 71.8 Å². The van der Waals surface area contributed by atoms with Crippen LogP contribution in [0.5, 0.6) is 0 Å². The van der Waals surface area contributed by atoms with Crippen LogP contribution in [0.3, 0.4) is 0 Å². The first-order chi connectivity index (χ1) is 26.1. The van der Waals surface area contributed by atoms with E-state index in [2.05, 4.69) is 59.6 Å². The quantitative estimate of drug-likeness (QED) is 0.136. The minimum atomic E-state index is 0.273. The van der Waals surface area contributed by atoms with Gasteiger partial charge in [0.15, 0.2) is 5.82 Å². The van der Waals surface area contributed by atoms with E-state index in [1.54, 1.807) is 4.57 Å². The number of hydrogen-bond donors (Lipinski definition) is 2. The third-order valence-electron chi connectivity index (χ3n) is 9.43. The molecule has 0 unspecified atom stereocenters. The molecule has 0 fully saturated rings. The molecule has 0 amide bonds. The standard InChI is InChI=1S/C46H31N7/c47-43(32-12-2-1-3-13-32)53-44(48)38-19-5-7-22-41(38)51-46(53)36-17-11-15-34(29-36)33-14-10-16-35(28-33)45-50-40-21-6-4-18-37(40)42(52-45)31-25-23-30(24-26-31)39-20-8-9-27-49-39/h1-29,47-48H/p+1. The molecular weight excluding hydrogens is 651 g/mol. The Bertz CT molecular complexity index is 2860. The summed E-state index contributed by atoms with van der Waals surface area (Å²) in [5.74, 6) is 1.67. The van der Waals surface area contributed by atoms with E-state index in [-0.39, 0.29) is 5.49 Å². The minimum Gasteiger partial charge on any atom is -0.286 e. The Hall–Kier alpha value is -7.38. The highest BCUT2D eigenvalue weighted by Crippen LogP contribution is 2.33. The van der Waals surface area contributed by atoms with Crippen LogP contribution >= 0.6 is 0 Å². The molecular formula is C46H32N7+. The van der Waals surface area contributed by atoms with Crippen molar-refractivity contribution in [3.05, 3.63) is 187 Å². The summed E-state index contributed by atoms with van der Waals surface area (Å²) in [7, 11) is 0. The summed E-state index contributed by atoms with van der Waals surface area (Å²) in [6.45, 7) is 0. The number of benzene rings is 6. The van der Waals surface area contributed by atoms with E-state index in [1.165, 1.54) is 0 Å². The average molecular weight is 683 g/mol. The largest absolute Gasteiger partial charge is 0.287 e. The van der Waals surface area contributed by atoms with E-state index in [1.807, 2.05) is 121 Å². The summed E-state index contributed by atoms with van der Waals surface area (Å²) in [4.78, 5) is 19.8. The van der Waals surface area contributed by atoms with Crippen molar-refractivity contribution in [2.24, 2.45) is 0 Å². The lowest BCUT2D eigenvalue weighted by Crippen LogP contribution is -2.49. The van der Waals surface area contributed by atoms with Crippen molar-refractivity contribution in [3.8, 4) is 56.4 Å². The van der Waals surface area contributed by atoms with Crippen LogP contribution < -0.4 is 10.9 Å². The van der Waals surface area contributed by atoms with Crippen molar-refractivity contribution < 1.29 is 5.41 Å². The zero-order valence-corrected chi connectivity index (χ0v) is 28.6. The summed E-state index contributed by atoms with van der Waals surface area (Å²) in [6, 6.07) is 56.3. The SMILES string of the molecule is N=c1c2ccccc2nc(-c2cccc(-c3cccc(-c4nc(-c5ccc(-c6ccccn6)cc5)c5ccccc5n4)c3)c2)n1C(=[NH2+])c1ccccc1. The first-order valence-corrected chi connectivity index (χ1v) is 17.4. The van der Waals surface area contributed by atoms with Gasteiger partial charge in [0.1, 0.15) is 0 Å². The second kappa shape index (κ2) is 13.4. The second-order valence-corrected chi connectivity index (χ2v) is 12.8. The number of fused-ring (bicyclic) bond motifs is 2. The lowest BCUT2D eigenvalue weighted by molar-refractivity contribution is -0.117. The molecule has 0 atom stereocenters. The fourth-order valence-corrected chi connectivity index (χ4v) is 6.76. The summed E-state index contributed by atoms with van der Waals surface area (Å²) >= 11 is 0. The van der Waals surface area contributed by atoms with Gasteiger partial charge in [-0.3, -0.25) is 15.8 Å². The summed E-state index contributed by atoms with van der Waals surface area (Å²) in [6.07, 6.45) is 1.81. The van der Waals surface area contributed by atoms with E-state index in [0.29, 0.717) is 17.5 Å². The maximum atomic E-state index is 9.24. The molecule has 7 nitrogen and oxygen atoms in total. The van der Waals surface area contributed by atoms with Crippen LogP contribution in [0, 0.1) is 5.41 Å². The Balaban J connectivity index is 1.13. The van der Waals surface area contributed by atoms with Gasteiger partial charge in [0, 0.05) is 33.8 Å². The Morgan fingerprint density at radius 2 is 1.09 bits per heavy atom. The molecule has 0 radical (unpaired) electrons. The first kappa shape index (κ1) is 31.6. The Kier molecular flexibility index (Phi) is 7.98. The molecule has 0 aliphatic rings. The van der Waals surface area contributed by atoms with Gasteiger partial charge in [-0.15, -0.1) is 0 Å². The number of aromatic nitrogens is 5. The number of rotatable bonds is 6. The highest BCUT2D eigenvalue weighted by molar-refractivity contribution is 5.99. The van der Waals surface area contributed by atoms with Gasteiger partial charge in [0.05, 0.1) is 33.4 Å². The molecule has 9 aromatic rings. The molecule has 7 heteroatoms. The number of nitrogens with zero attached hydrogens (tertiary/aromatic N) is 5. The summed E-state index contributed by atoms with van der Waals surface area (Å²) < 4.78 is 1.74. The fraction of sp³-hybridized carbons (Fsp3) is 0. The molecule has 0 aliphatic carbocycles. The van der Waals surface area contributed by atoms with Crippen molar-refractivity contribution in [2.45, 2.75) is 0 Å². The molecule has 0 saturated heterocycles. The Morgan fingerprint density at radius 1 is 0.491 bits per heavy atom. The van der Waals surface area contributed by atoms with E-state index in [9.17, 15) is 5.41 Å². The molecule has 0 bridgehead atoms. The van der Waals surface area contributed by atoms with E-state index >= 15 is 0 Å². The number of pyridine rings is 1. The zero-order chi connectivity index (χ0) is 35.7. The lowest BCUT2D eigenvalue weighted by Gasteiger charge is -2.12. The summed E-state index contributed by atoms with van der Waals surface area (Å²) in [5, 5.41) is 17.8. The lowest BCUT2D eigenvalue weighted by atomic mass is 9.99. The van der Waals surface area contributed by atoms with Gasteiger partial charge in [-0.1, -0.05) is 109 Å². The molecule has 9 rings (SSSR count). The molecule has 6 aromatic carbocycles. The Labute approximate surface area is 305 Å². The van der Waals surface area contributed by atoms with Gasteiger partial charge in [-0.25, -0.2) is 15.0 Å². The topological polar surface area (TPSA) is 106 Å². The number of para-hydroxylation sites is 2. The van der Waals surface area contributed by atoms with Crippen LogP contribution in [-0.4, -0.2) is 30.3 Å². The smallest absolute Gasteiger partial charge is 0.286 e. The van der Waals surface area contributed by atoms with Crippen LogP contribution in [0.15, 0.2) is 176 Å². The van der Waals surface area contributed by atoms with E-state index < -0.39 is 0 Å². The fourth-order valence-electron chi connectivity index (χ4n) is 6.76. The zero-order valence-electron chi connectivity index (χ0n) is 28.6. The molecule has 250 valence electrons. The van der Waals surface area contributed by atoms with Gasteiger partial charge >= 0.3 is 0 Å². The van der Waals surface area contributed by atoms with Crippen LogP contribution in [0.4, 0.5) is 0 Å². The Morgan fingerprint density at radius 3 is 1.83 bits per heavy atom. The van der Waals surface area contributed by atoms with Crippen LogP contribution in [0.25, 0.3) is 78.2 Å².